The Balaban J connectivity index is 2.66. The summed E-state index contributed by atoms with van der Waals surface area (Å²) in [6.07, 6.45) is 13.7. The summed E-state index contributed by atoms with van der Waals surface area (Å²) in [5, 5.41) is 10.5. The van der Waals surface area contributed by atoms with Gasteiger partial charge in [-0.15, -0.1) is 0 Å². The van der Waals surface area contributed by atoms with E-state index in [0.717, 1.165) is 32.1 Å². The SMILES string of the molecule is CCCCCCOc1cc(O)c(OCCCCCC)c(OCCCCCC)c1. The van der Waals surface area contributed by atoms with Crippen molar-refractivity contribution in [1.82, 2.24) is 0 Å². The molecule has 1 aromatic carbocycles. The minimum Gasteiger partial charge on any atom is -0.504 e. The highest BCUT2D eigenvalue weighted by Crippen LogP contribution is 2.41. The number of hydrogen-bond donors (Lipinski definition) is 1. The van der Waals surface area contributed by atoms with Gasteiger partial charge in [0.15, 0.2) is 11.5 Å². The highest BCUT2D eigenvalue weighted by molar-refractivity contribution is 5.55. The smallest absolute Gasteiger partial charge is 0.203 e. The fraction of sp³-hybridized carbons (Fsp3) is 0.750. The van der Waals surface area contributed by atoms with Crippen molar-refractivity contribution < 1.29 is 19.3 Å². The van der Waals surface area contributed by atoms with Gasteiger partial charge in [0.25, 0.3) is 0 Å². The molecule has 0 aliphatic rings. The summed E-state index contributed by atoms with van der Waals surface area (Å²) in [5.74, 6) is 1.79. The lowest BCUT2D eigenvalue weighted by atomic mass is 10.2. The molecule has 0 fully saturated rings. The third-order valence-electron chi connectivity index (χ3n) is 4.78. The second-order valence-corrected chi connectivity index (χ2v) is 7.50. The molecule has 1 aromatic rings. The van der Waals surface area contributed by atoms with Crippen LogP contribution in [0.15, 0.2) is 12.1 Å². The molecule has 0 amide bonds. The lowest BCUT2D eigenvalue weighted by Gasteiger charge is -2.16. The molecule has 1 N–H and O–H groups in total. The summed E-state index contributed by atoms with van der Waals surface area (Å²) in [6, 6.07) is 3.51. The van der Waals surface area contributed by atoms with Crippen LogP contribution in [0.2, 0.25) is 0 Å². The quantitative estimate of drug-likeness (QED) is 0.266. The van der Waals surface area contributed by atoms with Crippen molar-refractivity contribution in [1.29, 1.82) is 0 Å². The van der Waals surface area contributed by atoms with Gasteiger partial charge in [0.2, 0.25) is 5.75 Å². The maximum absolute atomic E-state index is 10.5. The number of phenols is 1. The maximum atomic E-state index is 10.5. The third kappa shape index (κ3) is 10.7. The summed E-state index contributed by atoms with van der Waals surface area (Å²) in [6.45, 7) is 8.47. The van der Waals surface area contributed by atoms with Crippen molar-refractivity contribution in [2.45, 2.75) is 97.8 Å². The minimum atomic E-state index is 0.102. The molecule has 0 aliphatic carbocycles. The van der Waals surface area contributed by atoms with E-state index in [2.05, 4.69) is 20.8 Å². The number of unbranched alkanes of at least 4 members (excludes halogenated alkanes) is 9. The molecule has 0 unspecified atom stereocenters. The van der Waals surface area contributed by atoms with Crippen molar-refractivity contribution >= 4 is 0 Å². The number of phenolic OH excluding ortho intramolecular Hbond substituents is 1. The van der Waals surface area contributed by atoms with Gasteiger partial charge in [-0.2, -0.15) is 0 Å². The van der Waals surface area contributed by atoms with Crippen LogP contribution < -0.4 is 14.2 Å². The van der Waals surface area contributed by atoms with E-state index >= 15 is 0 Å². The topological polar surface area (TPSA) is 47.9 Å². The summed E-state index contributed by atoms with van der Waals surface area (Å²) in [4.78, 5) is 0. The molecule has 0 atom stereocenters. The van der Waals surface area contributed by atoms with Crippen LogP contribution in [0.1, 0.15) is 97.8 Å². The van der Waals surface area contributed by atoms with Crippen molar-refractivity contribution in [2.75, 3.05) is 19.8 Å². The van der Waals surface area contributed by atoms with Gasteiger partial charge < -0.3 is 19.3 Å². The largest absolute Gasteiger partial charge is 0.504 e. The van der Waals surface area contributed by atoms with Gasteiger partial charge in [0.1, 0.15) is 5.75 Å². The van der Waals surface area contributed by atoms with Crippen LogP contribution in [0.5, 0.6) is 23.0 Å². The molecular weight excluding hydrogens is 352 g/mol. The normalized spacial score (nSPS) is 10.8. The fourth-order valence-electron chi connectivity index (χ4n) is 3.03. The molecule has 0 aliphatic heterocycles. The minimum absolute atomic E-state index is 0.102. The summed E-state index contributed by atoms with van der Waals surface area (Å²) in [7, 11) is 0. The van der Waals surface area contributed by atoms with Crippen LogP contribution in [0.25, 0.3) is 0 Å². The first-order valence-electron chi connectivity index (χ1n) is 11.5. The zero-order valence-corrected chi connectivity index (χ0v) is 18.4. The van der Waals surface area contributed by atoms with E-state index in [0.29, 0.717) is 37.1 Å². The van der Waals surface area contributed by atoms with Crippen LogP contribution in [0.4, 0.5) is 0 Å². The van der Waals surface area contributed by atoms with Crippen molar-refractivity contribution in [3.63, 3.8) is 0 Å². The van der Waals surface area contributed by atoms with Gasteiger partial charge >= 0.3 is 0 Å². The molecule has 0 spiro atoms. The standard InChI is InChI=1S/C24H42O4/c1-4-7-10-13-16-26-21-19-22(25)24(28-18-15-12-9-6-3)23(20-21)27-17-14-11-8-5-2/h19-20,25H,4-18H2,1-3H3. The Morgan fingerprint density at radius 3 is 1.64 bits per heavy atom. The Bertz CT molecular complexity index is 502. The predicted molar refractivity (Wildman–Crippen MR) is 117 cm³/mol. The Morgan fingerprint density at radius 2 is 1.11 bits per heavy atom. The summed E-state index contributed by atoms with van der Waals surface area (Å²) < 4.78 is 17.7. The molecule has 162 valence electrons. The first kappa shape index (κ1) is 24.5. The average Bonchev–Trinajstić information content (AvgIpc) is 2.69. The lowest BCUT2D eigenvalue weighted by molar-refractivity contribution is 0.244. The van der Waals surface area contributed by atoms with Gasteiger partial charge in [0.05, 0.1) is 19.8 Å². The van der Waals surface area contributed by atoms with Crippen molar-refractivity contribution in [3.05, 3.63) is 12.1 Å². The number of aromatic hydroxyl groups is 1. The number of ether oxygens (including phenoxy) is 3. The molecule has 1 rings (SSSR count). The van der Waals surface area contributed by atoms with E-state index < -0.39 is 0 Å². The van der Waals surface area contributed by atoms with E-state index in [-0.39, 0.29) is 5.75 Å². The molecular formula is C24H42O4. The first-order chi connectivity index (χ1) is 13.7. The third-order valence-corrected chi connectivity index (χ3v) is 4.78. The van der Waals surface area contributed by atoms with Crippen LogP contribution in [0, 0.1) is 0 Å². The van der Waals surface area contributed by atoms with E-state index in [1.165, 1.54) is 44.9 Å². The summed E-state index contributed by atoms with van der Waals surface area (Å²) >= 11 is 0. The van der Waals surface area contributed by atoms with Crippen LogP contribution in [-0.4, -0.2) is 24.9 Å². The van der Waals surface area contributed by atoms with Gasteiger partial charge in [-0.1, -0.05) is 78.6 Å². The molecule has 28 heavy (non-hydrogen) atoms. The molecule has 0 heterocycles. The van der Waals surface area contributed by atoms with Gasteiger partial charge in [0, 0.05) is 12.1 Å². The van der Waals surface area contributed by atoms with Crippen LogP contribution in [-0.2, 0) is 0 Å². The predicted octanol–water partition coefficient (Wildman–Crippen LogP) is 7.27. The Hall–Kier alpha value is -1.58. The van der Waals surface area contributed by atoms with Crippen LogP contribution >= 0.6 is 0 Å². The Morgan fingerprint density at radius 1 is 0.607 bits per heavy atom. The number of rotatable bonds is 18. The summed E-state index contributed by atoms with van der Waals surface area (Å²) in [5.41, 5.74) is 0. The molecule has 0 radical (unpaired) electrons. The second-order valence-electron chi connectivity index (χ2n) is 7.50. The van der Waals surface area contributed by atoms with Gasteiger partial charge in [-0.3, -0.25) is 0 Å². The van der Waals surface area contributed by atoms with Crippen LogP contribution in [0.3, 0.4) is 0 Å². The molecule has 0 aromatic heterocycles. The van der Waals surface area contributed by atoms with E-state index in [1.807, 2.05) is 6.07 Å². The zero-order chi connectivity index (χ0) is 20.5. The molecule has 0 saturated carbocycles. The first-order valence-corrected chi connectivity index (χ1v) is 11.5. The highest BCUT2D eigenvalue weighted by atomic mass is 16.5. The zero-order valence-electron chi connectivity index (χ0n) is 18.4. The maximum Gasteiger partial charge on any atom is 0.203 e. The Labute approximate surface area is 172 Å². The second kappa shape index (κ2) is 16.4. The highest BCUT2D eigenvalue weighted by Gasteiger charge is 2.14. The average molecular weight is 395 g/mol. The van der Waals surface area contributed by atoms with Crippen molar-refractivity contribution in [2.24, 2.45) is 0 Å². The van der Waals surface area contributed by atoms with Crippen molar-refractivity contribution in [3.8, 4) is 23.0 Å². The van der Waals surface area contributed by atoms with E-state index in [1.54, 1.807) is 6.07 Å². The van der Waals surface area contributed by atoms with E-state index in [4.69, 9.17) is 14.2 Å². The van der Waals surface area contributed by atoms with Gasteiger partial charge in [-0.25, -0.2) is 0 Å². The fourth-order valence-corrected chi connectivity index (χ4v) is 3.03. The molecule has 4 nitrogen and oxygen atoms in total. The Kier molecular flexibility index (Phi) is 14.3. The number of benzene rings is 1. The number of hydrogen-bond acceptors (Lipinski definition) is 4. The lowest BCUT2D eigenvalue weighted by Crippen LogP contribution is -2.04. The monoisotopic (exact) mass is 394 g/mol. The van der Waals surface area contributed by atoms with Gasteiger partial charge in [-0.05, 0) is 19.3 Å². The van der Waals surface area contributed by atoms with E-state index in [9.17, 15) is 5.11 Å². The molecule has 4 heteroatoms. The molecule has 0 bridgehead atoms. The molecule has 0 saturated heterocycles.